The molecule has 0 aliphatic carbocycles. The highest BCUT2D eigenvalue weighted by molar-refractivity contribution is 5.92. The van der Waals surface area contributed by atoms with Crippen molar-refractivity contribution >= 4 is 16.9 Å². The lowest BCUT2D eigenvalue weighted by atomic mass is 10.1. The predicted molar refractivity (Wildman–Crippen MR) is 67.6 cm³/mol. The second-order valence-electron chi connectivity index (χ2n) is 4.10. The molecule has 0 atom stereocenters. The van der Waals surface area contributed by atoms with Crippen LogP contribution in [0.3, 0.4) is 0 Å². The third-order valence-corrected chi connectivity index (χ3v) is 2.71. The summed E-state index contributed by atoms with van der Waals surface area (Å²) in [6, 6.07) is 7.81. The Morgan fingerprint density at radius 1 is 1.41 bits per heavy atom. The second-order valence-corrected chi connectivity index (χ2v) is 4.10. The molecule has 0 aliphatic rings. The van der Waals surface area contributed by atoms with Crippen molar-refractivity contribution in [3.05, 3.63) is 47.7 Å². The first-order chi connectivity index (χ1) is 8.09. The third kappa shape index (κ3) is 2.23. The lowest BCUT2D eigenvalue weighted by Crippen LogP contribution is -2.23. The first kappa shape index (κ1) is 11.5. The molecular weight excluding hydrogens is 214 g/mol. The summed E-state index contributed by atoms with van der Waals surface area (Å²) in [5, 5.41) is 3.87. The molecule has 17 heavy (non-hydrogen) atoms. The first-order valence-electron chi connectivity index (χ1n) is 5.50. The van der Waals surface area contributed by atoms with Crippen molar-refractivity contribution in [2.75, 3.05) is 0 Å². The van der Waals surface area contributed by atoms with E-state index in [0.29, 0.717) is 12.1 Å². The van der Waals surface area contributed by atoms with E-state index in [1.54, 1.807) is 6.92 Å². The van der Waals surface area contributed by atoms with Crippen molar-refractivity contribution in [3.63, 3.8) is 0 Å². The van der Waals surface area contributed by atoms with Gasteiger partial charge in [0.15, 0.2) is 0 Å². The van der Waals surface area contributed by atoms with Gasteiger partial charge in [-0.1, -0.05) is 24.8 Å². The van der Waals surface area contributed by atoms with Crippen LogP contribution in [-0.4, -0.2) is 5.91 Å². The second kappa shape index (κ2) is 4.45. The number of fused-ring (bicyclic) bond motifs is 1. The van der Waals surface area contributed by atoms with Crippen LogP contribution in [0, 0.1) is 6.92 Å². The highest BCUT2D eigenvalue weighted by Crippen LogP contribution is 2.24. The van der Waals surface area contributed by atoms with E-state index in [9.17, 15) is 4.79 Å². The lowest BCUT2D eigenvalue weighted by Gasteiger charge is -2.03. The van der Waals surface area contributed by atoms with Gasteiger partial charge in [-0.25, -0.2) is 0 Å². The Bertz CT molecular complexity index is 581. The number of carbonyl (C=O) groups excluding carboxylic acids is 1. The van der Waals surface area contributed by atoms with Crippen LogP contribution < -0.4 is 5.32 Å². The summed E-state index contributed by atoms with van der Waals surface area (Å²) in [4.78, 5) is 11.4. The minimum atomic E-state index is -0.130. The average molecular weight is 229 g/mol. The van der Waals surface area contributed by atoms with E-state index in [1.165, 1.54) is 0 Å². The maximum absolute atomic E-state index is 11.4. The number of benzene rings is 1. The van der Waals surface area contributed by atoms with Crippen LogP contribution >= 0.6 is 0 Å². The van der Waals surface area contributed by atoms with Gasteiger partial charge in [0.1, 0.15) is 11.3 Å². The van der Waals surface area contributed by atoms with Crippen molar-refractivity contribution in [1.29, 1.82) is 0 Å². The minimum absolute atomic E-state index is 0.130. The summed E-state index contributed by atoms with van der Waals surface area (Å²) < 4.78 is 5.62. The molecule has 1 heterocycles. The van der Waals surface area contributed by atoms with E-state index >= 15 is 0 Å². The van der Waals surface area contributed by atoms with Crippen LogP contribution in [0.4, 0.5) is 0 Å². The molecule has 1 aromatic heterocycles. The molecule has 3 nitrogen and oxygen atoms in total. The molecular formula is C14H15NO2. The zero-order valence-electron chi connectivity index (χ0n) is 10.0. The van der Waals surface area contributed by atoms with Crippen LogP contribution in [0.5, 0.6) is 0 Å². The molecule has 1 amide bonds. The van der Waals surface area contributed by atoms with Crippen LogP contribution in [0.25, 0.3) is 11.0 Å². The Labute approximate surface area is 100 Å². The summed E-state index contributed by atoms with van der Waals surface area (Å²) in [5.74, 6) is 0.711. The van der Waals surface area contributed by atoms with Gasteiger partial charge in [-0.15, -0.1) is 0 Å². The van der Waals surface area contributed by atoms with Crippen LogP contribution in [0.2, 0.25) is 0 Å². The molecule has 0 bridgehead atoms. The van der Waals surface area contributed by atoms with Crippen LogP contribution in [0.1, 0.15) is 18.2 Å². The first-order valence-corrected chi connectivity index (χ1v) is 5.50. The molecule has 1 aromatic carbocycles. The Morgan fingerprint density at radius 2 is 2.12 bits per heavy atom. The van der Waals surface area contributed by atoms with E-state index in [-0.39, 0.29) is 5.91 Å². The van der Waals surface area contributed by atoms with E-state index < -0.39 is 0 Å². The Kier molecular flexibility index (Phi) is 3.00. The Hall–Kier alpha value is -2.03. The van der Waals surface area contributed by atoms with Gasteiger partial charge in [0.2, 0.25) is 5.91 Å². The molecule has 0 fully saturated rings. The van der Waals surface area contributed by atoms with E-state index in [1.807, 2.05) is 31.2 Å². The van der Waals surface area contributed by atoms with Gasteiger partial charge in [-0.2, -0.15) is 0 Å². The highest BCUT2D eigenvalue weighted by atomic mass is 16.3. The van der Waals surface area contributed by atoms with Crippen molar-refractivity contribution < 1.29 is 9.21 Å². The fourth-order valence-corrected chi connectivity index (χ4v) is 1.76. The van der Waals surface area contributed by atoms with Gasteiger partial charge < -0.3 is 9.73 Å². The fourth-order valence-electron chi connectivity index (χ4n) is 1.76. The molecule has 0 spiro atoms. The van der Waals surface area contributed by atoms with Gasteiger partial charge in [0.05, 0.1) is 0 Å². The maximum atomic E-state index is 11.4. The summed E-state index contributed by atoms with van der Waals surface area (Å²) in [6.07, 6.45) is 0. The number of hydrogen-bond donors (Lipinski definition) is 1. The minimum Gasteiger partial charge on any atom is -0.461 e. The summed E-state index contributed by atoms with van der Waals surface area (Å²) in [5.41, 5.74) is 2.38. The third-order valence-electron chi connectivity index (χ3n) is 2.71. The number of hydrogen-bond acceptors (Lipinski definition) is 2. The number of rotatable bonds is 3. The van der Waals surface area contributed by atoms with Gasteiger partial charge >= 0.3 is 0 Å². The topological polar surface area (TPSA) is 42.2 Å². The van der Waals surface area contributed by atoms with Crippen LogP contribution in [-0.2, 0) is 11.3 Å². The highest BCUT2D eigenvalue weighted by Gasteiger charge is 2.11. The van der Waals surface area contributed by atoms with Crippen molar-refractivity contribution in [2.45, 2.75) is 20.4 Å². The molecule has 2 aromatic rings. The average Bonchev–Trinajstić information content (AvgIpc) is 2.61. The summed E-state index contributed by atoms with van der Waals surface area (Å²) >= 11 is 0. The quantitative estimate of drug-likeness (QED) is 0.822. The number of nitrogens with one attached hydrogen (secondary N) is 1. The summed E-state index contributed by atoms with van der Waals surface area (Å²) in [6.45, 7) is 7.67. The zero-order chi connectivity index (χ0) is 12.4. The molecule has 1 N–H and O–H groups in total. The monoisotopic (exact) mass is 229 g/mol. The lowest BCUT2D eigenvalue weighted by molar-refractivity contribution is -0.117. The van der Waals surface area contributed by atoms with Crippen molar-refractivity contribution in [1.82, 2.24) is 5.32 Å². The number of aryl methyl sites for hydroxylation is 1. The number of para-hydroxylation sites is 1. The van der Waals surface area contributed by atoms with Gasteiger partial charge in [0, 0.05) is 23.1 Å². The number of furan rings is 1. The standard InChI is InChI=1S/C14H15NO2/c1-9(2)14(16)15-8-12-10(3)17-13-7-5-4-6-11(12)13/h4-7H,1,8H2,2-3H3,(H,15,16). The molecule has 0 radical (unpaired) electrons. The molecule has 0 saturated carbocycles. The van der Waals surface area contributed by atoms with Crippen LogP contribution in [0.15, 0.2) is 40.8 Å². The molecule has 0 saturated heterocycles. The number of amides is 1. The SMILES string of the molecule is C=C(C)C(=O)NCc1c(C)oc2ccccc12. The largest absolute Gasteiger partial charge is 0.461 e. The normalized spacial score (nSPS) is 10.5. The summed E-state index contributed by atoms with van der Waals surface area (Å²) in [7, 11) is 0. The zero-order valence-corrected chi connectivity index (χ0v) is 10.0. The van der Waals surface area contributed by atoms with Crippen molar-refractivity contribution in [2.24, 2.45) is 0 Å². The molecule has 0 aliphatic heterocycles. The fraction of sp³-hybridized carbons (Fsp3) is 0.214. The van der Waals surface area contributed by atoms with Gasteiger partial charge in [-0.3, -0.25) is 4.79 Å². The maximum Gasteiger partial charge on any atom is 0.246 e. The van der Waals surface area contributed by atoms with Crippen molar-refractivity contribution in [3.8, 4) is 0 Å². The molecule has 2 rings (SSSR count). The predicted octanol–water partition coefficient (Wildman–Crippen LogP) is 2.93. The van der Waals surface area contributed by atoms with E-state index in [2.05, 4.69) is 11.9 Å². The van der Waals surface area contributed by atoms with Gasteiger partial charge in [-0.05, 0) is 19.9 Å². The Morgan fingerprint density at radius 3 is 2.82 bits per heavy atom. The van der Waals surface area contributed by atoms with E-state index in [4.69, 9.17) is 4.42 Å². The molecule has 88 valence electrons. The van der Waals surface area contributed by atoms with Gasteiger partial charge in [0.25, 0.3) is 0 Å². The van der Waals surface area contributed by atoms with E-state index in [0.717, 1.165) is 22.3 Å². The Balaban J connectivity index is 2.26. The molecule has 0 unspecified atom stereocenters. The molecule has 3 heteroatoms. The smallest absolute Gasteiger partial charge is 0.246 e. The number of carbonyl (C=O) groups is 1.